The van der Waals surface area contributed by atoms with E-state index in [9.17, 15) is 0 Å². The molecule has 158 valence electrons. The Hall–Kier alpha value is -0.640. The summed E-state index contributed by atoms with van der Waals surface area (Å²) in [5, 5.41) is 2.92. The summed E-state index contributed by atoms with van der Waals surface area (Å²) in [4.78, 5) is 2.95. The highest BCUT2D eigenvalue weighted by Gasteiger charge is 2.11. The van der Waals surface area contributed by atoms with Crippen LogP contribution in [0.1, 0.15) is 76.3 Å². The Balaban J connectivity index is 1.79. The van der Waals surface area contributed by atoms with Crippen molar-refractivity contribution in [3.63, 3.8) is 0 Å². The normalized spacial score (nSPS) is 11.7. The van der Waals surface area contributed by atoms with Crippen molar-refractivity contribution in [2.24, 2.45) is 0 Å². The zero-order valence-corrected chi connectivity index (χ0v) is 21.1. The van der Waals surface area contributed by atoms with Gasteiger partial charge in [-0.3, -0.25) is 0 Å². The molecule has 1 aromatic heterocycles. The first kappa shape index (κ1) is 23.0. The zero-order chi connectivity index (χ0) is 20.6. The zero-order valence-electron chi connectivity index (χ0n) is 18.6. The van der Waals surface area contributed by atoms with Crippen molar-refractivity contribution in [1.29, 1.82) is 0 Å². The minimum Gasteiger partial charge on any atom is -0.135 e. The van der Waals surface area contributed by atoms with Crippen LogP contribution >= 0.6 is 34.9 Å². The lowest BCUT2D eigenvalue weighted by Crippen LogP contribution is -1.85. The molecule has 0 amide bonds. The molecule has 0 fully saturated rings. The Kier molecular flexibility index (Phi) is 9.27. The van der Waals surface area contributed by atoms with Gasteiger partial charge in [0.1, 0.15) is 0 Å². The SMILES string of the molecule is CCCCCCSc1cc2c(cc1C)sc1cc(C)c(SCCCCCC)cc12. The summed E-state index contributed by atoms with van der Waals surface area (Å²) >= 11 is 6.06. The van der Waals surface area contributed by atoms with Crippen LogP contribution in [0.15, 0.2) is 34.1 Å². The average molecular weight is 445 g/mol. The van der Waals surface area contributed by atoms with Crippen LogP contribution in [-0.2, 0) is 0 Å². The predicted octanol–water partition coefficient (Wildman–Crippen LogP) is 10.0. The summed E-state index contributed by atoms with van der Waals surface area (Å²) in [5.41, 5.74) is 2.87. The van der Waals surface area contributed by atoms with E-state index in [1.807, 2.05) is 11.3 Å². The quantitative estimate of drug-likeness (QED) is 0.201. The first-order valence-electron chi connectivity index (χ1n) is 11.4. The Labute approximate surface area is 190 Å². The molecule has 3 heteroatoms. The maximum atomic E-state index is 2.47. The Morgan fingerprint density at radius 1 is 0.621 bits per heavy atom. The summed E-state index contributed by atoms with van der Waals surface area (Å²) in [6.45, 7) is 9.13. The van der Waals surface area contributed by atoms with Crippen molar-refractivity contribution in [2.45, 2.75) is 88.9 Å². The highest BCUT2D eigenvalue weighted by molar-refractivity contribution is 7.99. The fraction of sp³-hybridized carbons (Fsp3) is 0.538. The molecule has 0 aliphatic heterocycles. The van der Waals surface area contributed by atoms with Gasteiger partial charge in [0.15, 0.2) is 0 Å². The van der Waals surface area contributed by atoms with Gasteiger partial charge in [-0.1, -0.05) is 52.4 Å². The van der Waals surface area contributed by atoms with Crippen molar-refractivity contribution in [3.8, 4) is 0 Å². The number of fused-ring (bicyclic) bond motifs is 3. The van der Waals surface area contributed by atoms with Crippen molar-refractivity contribution in [3.05, 3.63) is 35.4 Å². The average Bonchev–Trinajstić information content (AvgIpc) is 3.03. The number of hydrogen-bond acceptors (Lipinski definition) is 3. The van der Waals surface area contributed by atoms with Crippen molar-refractivity contribution in [2.75, 3.05) is 11.5 Å². The van der Waals surface area contributed by atoms with E-state index in [0.717, 1.165) is 0 Å². The van der Waals surface area contributed by atoms with Crippen molar-refractivity contribution >= 4 is 55.0 Å². The lowest BCUT2D eigenvalue weighted by atomic mass is 10.1. The first-order chi connectivity index (χ1) is 14.1. The highest BCUT2D eigenvalue weighted by atomic mass is 32.2. The van der Waals surface area contributed by atoms with Crippen LogP contribution in [0.25, 0.3) is 20.2 Å². The standard InChI is InChI=1S/C26H36S3/c1-5-7-9-11-13-27-23-17-21-22-18-24(28-14-12-10-8-6-2)20(4)16-26(22)29-25(21)15-19(23)3/h15-18H,5-14H2,1-4H3. The van der Waals surface area contributed by atoms with Gasteiger partial charge in [0.2, 0.25) is 0 Å². The number of benzene rings is 2. The summed E-state index contributed by atoms with van der Waals surface area (Å²) in [5.74, 6) is 2.48. The van der Waals surface area contributed by atoms with E-state index in [-0.39, 0.29) is 0 Å². The molecule has 0 bridgehead atoms. The molecule has 0 atom stereocenters. The molecule has 1 heterocycles. The number of thioether (sulfide) groups is 2. The van der Waals surface area contributed by atoms with Gasteiger partial charge in [-0.2, -0.15) is 0 Å². The third-order valence-corrected chi connectivity index (χ3v) is 9.18. The third-order valence-electron chi connectivity index (χ3n) is 5.58. The fourth-order valence-electron chi connectivity index (χ4n) is 3.76. The highest BCUT2D eigenvalue weighted by Crippen LogP contribution is 2.40. The molecule has 0 unspecified atom stereocenters. The number of unbranched alkanes of at least 4 members (excludes halogenated alkanes) is 6. The predicted molar refractivity (Wildman–Crippen MR) is 139 cm³/mol. The second-order valence-electron chi connectivity index (χ2n) is 8.15. The molecular formula is C26H36S3. The Morgan fingerprint density at radius 2 is 1.07 bits per heavy atom. The van der Waals surface area contributed by atoms with E-state index in [4.69, 9.17) is 0 Å². The smallest absolute Gasteiger partial charge is 0.0358 e. The van der Waals surface area contributed by atoms with E-state index >= 15 is 0 Å². The third kappa shape index (κ3) is 6.18. The summed E-state index contributed by atoms with van der Waals surface area (Å²) in [6.07, 6.45) is 10.8. The number of rotatable bonds is 12. The first-order valence-corrected chi connectivity index (χ1v) is 14.2. The number of aryl methyl sites for hydroxylation is 2. The van der Waals surface area contributed by atoms with Gasteiger partial charge in [0.25, 0.3) is 0 Å². The van der Waals surface area contributed by atoms with Gasteiger partial charge in [0, 0.05) is 30.0 Å². The van der Waals surface area contributed by atoms with Crippen LogP contribution in [0.2, 0.25) is 0 Å². The minimum atomic E-state index is 1.24. The minimum absolute atomic E-state index is 1.24. The van der Waals surface area contributed by atoms with E-state index in [2.05, 4.69) is 75.5 Å². The van der Waals surface area contributed by atoms with Crippen LogP contribution < -0.4 is 0 Å². The van der Waals surface area contributed by atoms with Crippen LogP contribution in [-0.4, -0.2) is 11.5 Å². The molecular weight excluding hydrogens is 408 g/mol. The molecule has 0 saturated heterocycles. The molecule has 0 N–H and O–H groups in total. The van der Waals surface area contributed by atoms with Crippen LogP contribution in [0, 0.1) is 13.8 Å². The maximum absolute atomic E-state index is 2.47. The molecule has 0 radical (unpaired) electrons. The van der Waals surface area contributed by atoms with E-state index < -0.39 is 0 Å². The second kappa shape index (κ2) is 11.7. The molecule has 2 aromatic carbocycles. The second-order valence-corrected chi connectivity index (χ2v) is 11.5. The molecule has 29 heavy (non-hydrogen) atoms. The molecule has 0 aliphatic rings. The van der Waals surface area contributed by atoms with E-state index in [1.165, 1.54) is 104 Å². The molecule has 0 nitrogen and oxygen atoms in total. The number of hydrogen-bond donors (Lipinski definition) is 0. The molecule has 3 aromatic rings. The molecule has 0 aliphatic carbocycles. The molecule has 0 saturated carbocycles. The van der Waals surface area contributed by atoms with Crippen molar-refractivity contribution in [1.82, 2.24) is 0 Å². The van der Waals surface area contributed by atoms with E-state index in [0.29, 0.717) is 0 Å². The lowest BCUT2D eigenvalue weighted by Gasteiger charge is -2.08. The van der Waals surface area contributed by atoms with Gasteiger partial charge in [0.05, 0.1) is 0 Å². The van der Waals surface area contributed by atoms with Crippen molar-refractivity contribution < 1.29 is 0 Å². The Morgan fingerprint density at radius 3 is 1.48 bits per heavy atom. The summed E-state index contributed by atoms with van der Waals surface area (Å²) in [6, 6.07) is 9.78. The van der Waals surface area contributed by atoms with Crippen LogP contribution in [0.3, 0.4) is 0 Å². The summed E-state index contributed by atoms with van der Waals surface area (Å²) in [7, 11) is 0. The maximum Gasteiger partial charge on any atom is 0.0358 e. The van der Waals surface area contributed by atoms with Crippen LogP contribution in [0.5, 0.6) is 0 Å². The fourth-order valence-corrected chi connectivity index (χ4v) is 7.14. The van der Waals surface area contributed by atoms with Gasteiger partial charge >= 0.3 is 0 Å². The monoisotopic (exact) mass is 444 g/mol. The lowest BCUT2D eigenvalue weighted by molar-refractivity contribution is 0.706. The summed E-state index contributed by atoms with van der Waals surface area (Å²) < 4.78 is 2.88. The van der Waals surface area contributed by atoms with E-state index in [1.54, 1.807) is 0 Å². The topological polar surface area (TPSA) is 0 Å². The van der Waals surface area contributed by atoms with Crippen LogP contribution in [0.4, 0.5) is 0 Å². The van der Waals surface area contributed by atoms with Gasteiger partial charge in [-0.15, -0.1) is 34.9 Å². The molecule has 0 spiro atoms. The Bertz CT molecular complexity index is 848. The largest absolute Gasteiger partial charge is 0.135 e. The van der Waals surface area contributed by atoms with Gasteiger partial charge in [-0.25, -0.2) is 0 Å². The van der Waals surface area contributed by atoms with Gasteiger partial charge in [-0.05, 0) is 73.6 Å². The molecule has 3 rings (SSSR count). The number of thiophene rings is 1. The van der Waals surface area contributed by atoms with Gasteiger partial charge < -0.3 is 0 Å².